The molecule has 0 atom stereocenters. The van der Waals surface area contributed by atoms with Crippen molar-refractivity contribution in [2.45, 2.75) is 26.9 Å². The summed E-state index contributed by atoms with van der Waals surface area (Å²) in [7, 11) is 0. The van der Waals surface area contributed by atoms with Gasteiger partial charge in [0.2, 0.25) is 0 Å². The first kappa shape index (κ1) is 13.6. The van der Waals surface area contributed by atoms with Crippen molar-refractivity contribution in [3.8, 4) is 0 Å². The lowest BCUT2D eigenvalue weighted by Gasteiger charge is -2.03. The second-order valence-electron chi connectivity index (χ2n) is 3.38. The fraction of sp³-hybridized carbons (Fsp3) is 0.455. The number of rotatable bonds is 5. The van der Waals surface area contributed by atoms with Gasteiger partial charge in [-0.3, -0.25) is 14.9 Å². The lowest BCUT2D eigenvalue weighted by Crippen LogP contribution is -2.29. The smallest absolute Gasteiger partial charge is 0.253 e. The Kier molecular flexibility index (Phi) is 6.29. The maximum atomic E-state index is 11.1. The van der Waals surface area contributed by atoms with E-state index < -0.39 is 11.8 Å². The predicted molar refractivity (Wildman–Crippen MR) is 58.2 cm³/mol. The van der Waals surface area contributed by atoms with E-state index in [4.69, 9.17) is 4.74 Å². The van der Waals surface area contributed by atoms with Gasteiger partial charge in [0.1, 0.15) is 0 Å². The van der Waals surface area contributed by atoms with Crippen LogP contribution in [0.5, 0.6) is 0 Å². The molecule has 0 aromatic heterocycles. The van der Waals surface area contributed by atoms with E-state index in [0.717, 1.165) is 0 Å². The summed E-state index contributed by atoms with van der Waals surface area (Å²) in [5.74, 6) is -0.926. The molecule has 0 aliphatic carbocycles. The molecule has 0 aromatic carbocycles. The van der Waals surface area contributed by atoms with Crippen molar-refractivity contribution in [1.82, 2.24) is 5.32 Å². The Bertz CT molecular complexity index is 280. The average Bonchev–Trinajstić information content (AvgIpc) is 2.12. The fourth-order valence-electron chi connectivity index (χ4n) is 0.663. The van der Waals surface area contributed by atoms with E-state index in [1.54, 1.807) is 6.08 Å². The first-order chi connectivity index (χ1) is 6.93. The van der Waals surface area contributed by atoms with Gasteiger partial charge in [-0.2, -0.15) is 0 Å². The van der Waals surface area contributed by atoms with E-state index in [1.807, 2.05) is 13.8 Å². The molecule has 0 aliphatic heterocycles. The Morgan fingerprint density at radius 1 is 1.47 bits per heavy atom. The monoisotopic (exact) mass is 211 g/mol. The van der Waals surface area contributed by atoms with Crippen molar-refractivity contribution < 1.29 is 14.3 Å². The summed E-state index contributed by atoms with van der Waals surface area (Å²) in [6.45, 7) is 9.11. The van der Waals surface area contributed by atoms with Crippen LogP contribution in [0.4, 0.5) is 0 Å². The number of hydrogen-bond donors (Lipinski definition) is 1. The molecule has 0 rings (SSSR count). The molecule has 0 radical (unpaired) electrons. The number of carbonyl (C=O) groups is 2. The van der Waals surface area contributed by atoms with Crippen molar-refractivity contribution in [1.29, 1.82) is 0 Å². The first-order valence-corrected chi connectivity index (χ1v) is 4.72. The largest absolute Gasteiger partial charge is 0.375 e. The maximum absolute atomic E-state index is 11.1. The van der Waals surface area contributed by atoms with Gasteiger partial charge in [0.15, 0.2) is 0 Å². The highest BCUT2D eigenvalue weighted by Gasteiger charge is 2.04. The van der Waals surface area contributed by atoms with Crippen LogP contribution in [-0.4, -0.2) is 24.5 Å². The van der Waals surface area contributed by atoms with Crippen molar-refractivity contribution >= 4 is 11.8 Å². The molecular formula is C11H17NO3. The lowest BCUT2D eigenvalue weighted by atomic mass is 10.3. The summed E-state index contributed by atoms with van der Waals surface area (Å²) in [4.78, 5) is 22.1. The minimum absolute atomic E-state index is 0.120. The second-order valence-corrected chi connectivity index (χ2v) is 3.38. The molecule has 4 heteroatoms. The Balaban J connectivity index is 3.83. The standard InChI is InChI=1S/C11H17NO3/c1-8(2)11(14)12-10(13)6-5-7-15-9(3)4/h5-6,9H,1,7H2,2-4H3,(H,12,13,14). The van der Waals surface area contributed by atoms with Crippen LogP contribution in [0.25, 0.3) is 0 Å². The number of imide groups is 1. The Labute approximate surface area is 90.0 Å². The predicted octanol–water partition coefficient (Wildman–Crippen LogP) is 1.19. The van der Waals surface area contributed by atoms with Crippen molar-refractivity contribution in [2.75, 3.05) is 6.61 Å². The Morgan fingerprint density at radius 2 is 2.07 bits per heavy atom. The van der Waals surface area contributed by atoms with Crippen LogP contribution in [-0.2, 0) is 14.3 Å². The van der Waals surface area contributed by atoms with Gasteiger partial charge in [0.05, 0.1) is 12.7 Å². The second kappa shape index (κ2) is 6.95. The van der Waals surface area contributed by atoms with Gasteiger partial charge in [0.25, 0.3) is 11.8 Å². The molecule has 0 spiro atoms. The number of hydrogen-bond acceptors (Lipinski definition) is 3. The topological polar surface area (TPSA) is 55.4 Å². The summed E-state index contributed by atoms with van der Waals surface area (Å²) >= 11 is 0. The van der Waals surface area contributed by atoms with Crippen LogP contribution in [0.3, 0.4) is 0 Å². The van der Waals surface area contributed by atoms with Crippen LogP contribution >= 0.6 is 0 Å². The highest BCUT2D eigenvalue weighted by Crippen LogP contribution is 1.88. The third-order valence-corrected chi connectivity index (χ3v) is 1.42. The Hall–Kier alpha value is -1.42. The van der Waals surface area contributed by atoms with Gasteiger partial charge in [-0.15, -0.1) is 0 Å². The highest BCUT2D eigenvalue weighted by atomic mass is 16.5. The van der Waals surface area contributed by atoms with Crippen LogP contribution in [0.2, 0.25) is 0 Å². The van der Waals surface area contributed by atoms with E-state index >= 15 is 0 Å². The van der Waals surface area contributed by atoms with Crippen LogP contribution in [0.1, 0.15) is 20.8 Å². The number of amides is 2. The normalized spacial score (nSPS) is 10.7. The van der Waals surface area contributed by atoms with Crippen molar-refractivity contribution in [2.24, 2.45) is 0 Å². The van der Waals surface area contributed by atoms with Gasteiger partial charge >= 0.3 is 0 Å². The maximum Gasteiger partial charge on any atom is 0.253 e. The molecule has 0 aromatic rings. The average molecular weight is 211 g/mol. The molecule has 0 aliphatic rings. The molecule has 0 heterocycles. The minimum atomic E-state index is -0.463. The summed E-state index contributed by atoms with van der Waals surface area (Å²) in [6.07, 6.45) is 2.94. The zero-order chi connectivity index (χ0) is 11.8. The molecule has 15 heavy (non-hydrogen) atoms. The summed E-state index contributed by atoms with van der Waals surface area (Å²) in [5, 5.41) is 2.15. The molecule has 84 valence electrons. The molecule has 0 bridgehead atoms. The van der Waals surface area contributed by atoms with E-state index in [2.05, 4.69) is 11.9 Å². The number of ether oxygens (including phenoxy) is 1. The fourth-order valence-corrected chi connectivity index (χ4v) is 0.663. The quantitative estimate of drug-likeness (QED) is 0.695. The van der Waals surface area contributed by atoms with Crippen molar-refractivity contribution in [3.05, 3.63) is 24.3 Å². The molecule has 1 N–H and O–H groups in total. The molecule has 0 fully saturated rings. The molecule has 2 amide bonds. The summed E-state index contributed by atoms with van der Waals surface area (Å²) in [6, 6.07) is 0. The lowest BCUT2D eigenvalue weighted by molar-refractivity contribution is -0.125. The van der Waals surface area contributed by atoms with E-state index in [1.165, 1.54) is 13.0 Å². The van der Waals surface area contributed by atoms with Crippen LogP contribution in [0, 0.1) is 0 Å². The summed E-state index contributed by atoms with van der Waals surface area (Å²) < 4.78 is 5.18. The van der Waals surface area contributed by atoms with Crippen molar-refractivity contribution in [3.63, 3.8) is 0 Å². The van der Waals surface area contributed by atoms with Gasteiger partial charge in [0, 0.05) is 11.6 Å². The molecule has 0 saturated heterocycles. The molecule has 0 unspecified atom stereocenters. The summed E-state index contributed by atoms with van der Waals surface area (Å²) in [5.41, 5.74) is 0.301. The van der Waals surface area contributed by atoms with Gasteiger partial charge < -0.3 is 4.74 Å². The number of nitrogens with one attached hydrogen (secondary N) is 1. The van der Waals surface area contributed by atoms with Gasteiger partial charge in [-0.05, 0) is 20.8 Å². The van der Waals surface area contributed by atoms with Crippen LogP contribution in [0.15, 0.2) is 24.3 Å². The zero-order valence-electron chi connectivity index (χ0n) is 9.37. The third-order valence-electron chi connectivity index (χ3n) is 1.42. The molecule has 4 nitrogen and oxygen atoms in total. The zero-order valence-corrected chi connectivity index (χ0v) is 9.37. The van der Waals surface area contributed by atoms with E-state index in [0.29, 0.717) is 12.2 Å². The SMILES string of the molecule is C=C(C)C(=O)NC(=O)C=CCOC(C)C. The number of carbonyl (C=O) groups excluding carboxylic acids is 2. The van der Waals surface area contributed by atoms with E-state index in [9.17, 15) is 9.59 Å². The molecule has 0 saturated carbocycles. The van der Waals surface area contributed by atoms with Crippen LogP contribution < -0.4 is 5.32 Å². The van der Waals surface area contributed by atoms with E-state index in [-0.39, 0.29) is 6.10 Å². The molecular weight excluding hydrogens is 194 g/mol. The third kappa shape index (κ3) is 7.64. The first-order valence-electron chi connectivity index (χ1n) is 4.72. The van der Waals surface area contributed by atoms with Gasteiger partial charge in [-0.1, -0.05) is 12.7 Å². The van der Waals surface area contributed by atoms with Gasteiger partial charge in [-0.25, -0.2) is 0 Å². The Morgan fingerprint density at radius 3 is 2.53 bits per heavy atom. The minimum Gasteiger partial charge on any atom is -0.375 e. The highest BCUT2D eigenvalue weighted by molar-refractivity contribution is 6.07.